The summed E-state index contributed by atoms with van der Waals surface area (Å²) in [6.45, 7) is 5.02. The molecule has 0 saturated carbocycles. The van der Waals surface area contributed by atoms with Crippen molar-refractivity contribution in [1.29, 1.82) is 0 Å². The van der Waals surface area contributed by atoms with Gasteiger partial charge in [-0.1, -0.05) is 27.7 Å². The van der Waals surface area contributed by atoms with Gasteiger partial charge in [-0.3, -0.25) is 14.2 Å². The number of rotatable bonds is 7. The average Bonchev–Trinajstić information content (AvgIpc) is 2.97. The second-order valence-corrected chi connectivity index (χ2v) is 7.39. The molecule has 0 amide bonds. The van der Waals surface area contributed by atoms with Crippen LogP contribution in [0.5, 0.6) is 0 Å². The summed E-state index contributed by atoms with van der Waals surface area (Å²) in [5.41, 5.74) is 3.08. The van der Waals surface area contributed by atoms with E-state index in [2.05, 4.69) is 4.98 Å². The molecule has 1 saturated heterocycles. The van der Waals surface area contributed by atoms with Crippen LogP contribution in [-0.4, -0.2) is 46.5 Å². The molecule has 28 heavy (non-hydrogen) atoms. The molecule has 1 aromatic heterocycles. The smallest absolute Gasteiger partial charge is 0.351 e. The van der Waals surface area contributed by atoms with E-state index in [-0.39, 0.29) is 12.2 Å². The van der Waals surface area contributed by atoms with Gasteiger partial charge in [0.05, 0.1) is 11.8 Å². The molecule has 0 unspecified atom stereocenters. The third-order valence-corrected chi connectivity index (χ3v) is 4.42. The number of alkyl halides is 1. The highest BCUT2D eigenvalue weighted by molar-refractivity contribution is 5.72. The molecule has 9 nitrogen and oxygen atoms in total. The first-order valence-corrected chi connectivity index (χ1v) is 9.05. The lowest BCUT2D eigenvalue weighted by Gasteiger charge is -2.31. The van der Waals surface area contributed by atoms with Crippen molar-refractivity contribution in [2.24, 2.45) is 11.8 Å². The van der Waals surface area contributed by atoms with Crippen molar-refractivity contribution >= 4 is 17.8 Å². The summed E-state index contributed by atoms with van der Waals surface area (Å²) < 4.78 is 31.6. The van der Waals surface area contributed by atoms with Crippen molar-refractivity contribution < 1.29 is 28.2 Å². The zero-order valence-corrected chi connectivity index (χ0v) is 16.4. The van der Waals surface area contributed by atoms with Crippen LogP contribution < -0.4 is 11.4 Å². The molecule has 2 N–H and O–H groups in total. The monoisotopic (exact) mass is 399 g/mol. The zero-order valence-electron chi connectivity index (χ0n) is 16.4. The van der Waals surface area contributed by atoms with E-state index in [1.165, 1.54) is 12.3 Å². The lowest BCUT2D eigenvalue weighted by atomic mass is 9.98. The Morgan fingerprint density at radius 2 is 2.00 bits per heavy atom. The van der Waals surface area contributed by atoms with Gasteiger partial charge in [0, 0.05) is 12.6 Å². The van der Waals surface area contributed by atoms with Gasteiger partial charge >= 0.3 is 17.6 Å². The van der Waals surface area contributed by atoms with Crippen LogP contribution >= 0.6 is 0 Å². The fourth-order valence-electron chi connectivity index (χ4n) is 2.68. The Kier molecular flexibility index (Phi) is 6.76. The zero-order chi connectivity index (χ0) is 21.1. The van der Waals surface area contributed by atoms with Crippen molar-refractivity contribution in [2.45, 2.75) is 52.0 Å². The molecule has 1 aliphatic rings. The maximum Gasteiger partial charge on any atom is 0.351 e. The minimum Gasteiger partial charge on any atom is -0.462 e. The normalized spacial score (nSPS) is 24.5. The van der Waals surface area contributed by atoms with Crippen LogP contribution in [0, 0.1) is 11.8 Å². The number of esters is 2. The van der Waals surface area contributed by atoms with Gasteiger partial charge in [0.15, 0.2) is 5.60 Å². The van der Waals surface area contributed by atoms with E-state index >= 15 is 0 Å². The van der Waals surface area contributed by atoms with E-state index in [9.17, 15) is 18.8 Å². The van der Waals surface area contributed by atoms with Crippen molar-refractivity contribution in [3.8, 4) is 0 Å². The van der Waals surface area contributed by atoms with Crippen LogP contribution in [0.2, 0.25) is 0 Å². The van der Waals surface area contributed by atoms with Crippen molar-refractivity contribution in [1.82, 2.24) is 9.55 Å². The van der Waals surface area contributed by atoms with Gasteiger partial charge in [-0.2, -0.15) is 4.98 Å². The van der Waals surface area contributed by atoms with Crippen LogP contribution in [0.1, 0.15) is 40.3 Å². The number of hydrogen-bond acceptors (Lipinski definition) is 8. The molecule has 156 valence electrons. The van der Waals surface area contributed by atoms with Gasteiger partial charge in [0.25, 0.3) is 0 Å². The van der Waals surface area contributed by atoms with E-state index in [4.69, 9.17) is 19.9 Å². The van der Waals surface area contributed by atoms with Crippen LogP contribution in [0.3, 0.4) is 0 Å². The van der Waals surface area contributed by atoms with Crippen LogP contribution in [0.4, 0.5) is 10.2 Å². The second kappa shape index (κ2) is 8.68. The molecule has 2 heterocycles. The predicted octanol–water partition coefficient (Wildman–Crippen LogP) is 1.22. The van der Waals surface area contributed by atoms with E-state index < -0.39 is 60.7 Å². The Morgan fingerprint density at radius 3 is 2.54 bits per heavy atom. The van der Waals surface area contributed by atoms with Gasteiger partial charge < -0.3 is 19.9 Å². The molecule has 0 bridgehead atoms. The summed E-state index contributed by atoms with van der Waals surface area (Å²) >= 11 is 0. The lowest BCUT2D eigenvalue weighted by Crippen LogP contribution is -2.49. The second-order valence-electron chi connectivity index (χ2n) is 7.39. The molecule has 0 spiro atoms. The first kappa shape index (κ1) is 21.8. The number of nitrogens with zero attached hydrogens (tertiary/aromatic N) is 2. The summed E-state index contributed by atoms with van der Waals surface area (Å²) in [6.07, 6.45) is -0.654. The minimum atomic E-state index is -1.72. The van der Waals surface area contributed by atoms with E-state index in [1.54, 1.807) is 27.7 Å². The average molecular weight is 399 g/mol. The highest BCUT2D eigenvalue weighted by Crippen LogP contribution is 2.39. The minimum absolute atomic E-state index is 0.00683. The summed E-state index contributed by atoms with van der Waals surface area (Å²) in [5.74, 6) is -1.93. The number of aromatic nitrogens is 2. The number of nitrogen functional groups attached to an aromatic ring is 1. The van der Waals surface area contributed by atoms with Crippen LogP contribution in [-0.2, 0) is 23.8 Å². The standard InChI is InChI=1S/C18H26FN3O6/c1-10(2)15(23)26-9-18(8-19)12(27-16(24)11(3)4)7-14(28-18)22-6-5-13(20)21-17(22)25/h5-6,10-12,14H,7-9H2,1-4H3,(H2,20,21,25)/t12-,14+,18+/m0/s1. The van der Waals surface area contributed by atoms with Crippen molar-refractivity contribution in [3.05, 3.63) is 22.7 Å². The lowest BCUT2D eigenvalue weighted by molar-refractivity contribution is -0.184. The SMILES string of the molecule is CC(C)C(=O)OC[C@@]1(CF)O[C@@H](n2ccc(N)nc2=O)C[C@@H]1OC(=O)C(C)C. The third kappa shape index (κ3) is 4.67. The molecule has 1 aliphatic heterocycles. The third-order valence-electron chi connectivity index (χ3n) is 4.42. The van der Waals surface area contributed by atoms with Gasteiger partial charge in [-0.25, -0.2) is 9.18 Å². The summed E-state index contributed by atoms with van der Waals surface area (Å²) in [4.78, 5) is 39.7. The maximum absolute atomic E-state index is 14.1. The Labute approximate surface area is 162 Å². The fourth-order valence-corrected chi connectivity index (χ4v) is 2.68. The topological polar surface area (TPSA) is 123 Å². The molecule has 1 aromatic rings. The quantitative estimate of drug-likeness (QED) is 0.679. The summed E-state index contributed by atoms with van der Waals surface area (Å²) in [6, 6.07) is 1.40. The molecule has 0 aliphatic carbocycles. The molecule has 1 fully saturated rings. The number of halogens is 1. The largest absolute Gasteiger partial charge is 0.462 e. The van der Waals surface area contributed by atoms with Gasteiger partial charge in [0.2, 0.25) is 0 Å². The molecule has 0 aromatic carbocycles. The molecule has 2 rings (SSSR count). The highest BCUT2D eigenvalue weighted by atomic mass is 19.1. The number of hydrogen-bond donors (Lipinski definition) is 1. The van der Waals surface area contributed by atoms with Crippen molar-refractivity contribution in [3.63, 3.8) is 0 Å². The Morgan fingerprint density at radius 1 is 1.36 bits per heavy atom. The summed E-state index contributed by atoms with van der Waals surface area (Å²) in [5, 5.41) is 0. The van der Waals surface area contributed by atoms with Gasteiger partial charge in [0.1, 0.15) is 31.4 Å². The molecular formula is C18H26FN3O6. The fraction of sp³-hybridized carbons (Fsp3) is 0.667. The number of anilines is 1. The maximum atomic E-state index is 14.1. The molecular weight excluding hydrogens is 373 g/mol. The number of ether oxygens (including phenoxy) is 3. The number of carbonyl (C=O) groups excluding carboxylic acids is 2. The van der Waals surface area contributed by atoms with Gasteiger partial charge in [-0.15, -0.1) is 0 Å². The van der Waals surface area contributed by atoms with E-state index in [1.807, 2.05) is 0 Å². The Hall–Kier alpha value is -2.49. The number of nitrogens with two attached hydrogens (primary N) is 1. The molecule has 3 atom stereocenters. The van der Waals surface area contributed by atoms with Gasteiger partial charge in [-0.05, 0) is 6.07 Å². The Bertz CT molecular complexity index is 781. The van der Waals surface area contributed by atoms with Crippen LogP contribution in [0.15, 0.2) is 17.1 Å². The van der Waals surface area contributed by atoms with E-state index in [0.29, 0.717) is 0 Å². The van der Waals surface area contributed by atoms with Crippen LogP contribution in [0.25, 0.3) is 0 Å². The first-order valence-electron chi connectivity index (χ1n) is 9.05. The molecule has 0 radical (unpaired) electrons. The predicted molar refractivity (Wildman–Crippen MR) is 96.9 cm³/mol. The van der Waals surface area contributed by atoms with Crippen molar-refractivity contribution in [2.75, 3.05) is 19.0 Å². The molecule has 10 heteroatoms. The first-order chi connectivity index (χ1) is 13.1. The highest BCUT2D eigenvalue weighted by Gasteiger charge is 2.53. The number of carbonyl (C=O) groups is 2. The van der Waals surface area contributed by atoms with E-state index in [0.717, 1.165) is 4.57 Å². The summed E-state index contributed by atoms with van der Waals surface area (Å²) in [7, 11) is 0. The Balaban J connectivity index is 2.32.